The standard InChI is InChI=1S/C18H22O/c1-15-8-5-6-13-18(15)17(14-19)12-7-11-16-9-3-2-4-10-16/h2-6,8-10,13,17,19H,7,11-12,14H2,1H3. The van der Waals surface area contributed by atoms with E-state index >= 15 is 0 Å². The highest BCUT2D eigenvalue weighted by Gasteiger charge is 2.12. The monoisotopic (exact) mass is 254 g/mol. The lowest BCUT2D eigenvalue weighted by molar-refractivity contribution is 0.257. The van der Waals surface area contributed by atoms with Crippen LogP contribution >= 0.6 is 0 Å². The van der Waals surface area contributed by atoms with Crippen LogP contribution in [0.15, 0.2) is 54.6 Å². The van der Waals surface area contributed by atoms with Gasteiger partial charge in [-0.3, -0.25) is 0 Å². The zero-order valence-corrected chi connectivity index (χ0v) is 11.5. The lowest BCUT2D eigenvalue weighted by atomic mass is 9.90. The number of benzene rings is 2. The van der Waals surface area contributed by atoms with Crippen molar-refractivity contribution >= 4 is 0 Å². The molecule has 1 unspecified atom stereocenters. The third-order valence-electron chi connectivity index (χ3n) is 3.71. The van der Waals surface area contributed by atoms with E-state index in [2.05, 4.69) is 55.5 Å². The summed E-state index contributed by atoms with van der Waals surface area (Å²) in [5.74, 6) is 0.268. The molecule has 0 aliphatic rings. The first-order chi connectivity index (χ1) is 9.31. The van der Waals surface area contributed by atoms with Crippen LogP contribution in [0.2, 0.25) is 0 Å². The number of hydrogen-bond donors (Lipinski definition) is 1. The molecule has 19 heavy (non-hydrogen) atoms. The molecule has 0 aliphatic carbocycles. The second kappa shape index (κ2) is 7.10. The fourth-order valence-electron chi connectivity index (χ4n) is 2.59. The molecule has 0 fully saturated rings. The first kappa shape index (κ1) is 13.8. The van der Waals surface area contributed by atoms with Crippen molar-refractivity contribution in [1.29, 1.82) is 0 Å². The number of rotatable bonds is 6. The molecule has 1 atom stereocenters. The molecule has 1 N–H and O–H groups in total. The van der Waals surface area contributed by atoms with Crippen LogP contribution < -0.4 is 0 Å². The zero-order chi connectivity index (χ0) is 13.5. The summed E-state index contributed by atoms with van der Waals surface area (Å²) in [4.78, 5) is 0. The Labute approximate surface area is 115 Å². The minimum atomic E-state index is 0.236. The average Bonchev–Trinajstić information content (AvgIpc) is 2.46. The van der Waals surface area contributed by atoms with Crippen molar-refractivity contribution in [1.82, 2.24) is 0 Å². The topological polar surface area (TPSA) is 20.2 Å². The molecule has 1 nitrogen and oxygen atoms in total. The average molecular weight is 254 g/mol. The van der Waals surface area contributed by atoms with Crippen molar-refractivity contribution in [3.05, 3.63) is 71.3 Å². The van der Waals surface area contributed by atoms with Crippen LogP contribution in [0.25, 0.3) is 0 Å². The van der Waals surface area contributed by atoms with E-state index in [-0.39, 0.29) is 12.5 Å². The second-order valence-electron chi connectivity index (χ2n) is 5.11. The maximum Gasteiger partial charge on any atom is 0.0499 e. The molecule has 2 aromatic carbocycles. The van der Waals surface area contributed by atoms with Crippen LogP contribution in [-0.4, -0.2) is 11.7 Å². The van der Waals surface area contributed by atoms with Crippen molar-refractivity contribution in [2.45, 2.75) is 32.1 Å². The third-order valence-corrected chi connectivity index (χ3v) is 3.71. The molecule has 100 valence electrons. The SMILES string of the molecule is Cc1ccccc1C(CO)CCCc1ccccc1. The van der Waals surface area contributed by atoms with E-state index in [1.54, 1.807) is 0 Å². The lowest BCUT2D eigenvalue weighted by Gasteiger charge is -2.17. The first-order valence-electron chi connectivity index (χ1n) is 7.01. The van der Waals surface area contributed by atoms with Gasteiger partial charge < -0.3 is 5.11 Å². The Kier molecular flexibility index (Phi) is 5.17. The Hall–Kier alpha value is -1.60. The first-order valence-corrected chi connectivity index (χ1v) is 7.01. The van der Waals surface area contributed by atoms with Crippen LogP contribution in [0.4, 0.5) is 0 Å². The Bertz CT molecular complexity index is 490. The molecule has 0 bridgehead atoms. The van der Waals surface area contributed by atoms with Crippen LogP contribution in [-0.2, 0) is 6.42 Å². The predicted octanol–water partition coefficient (Wildman–Crippen LogP) is 4.09. The summed E-state index contributed by atoms with van der Waals surface area (Å²) >= 11 is 0. The third kappa shape index (κ3) is 3.93. The molecule has 0 saturated carbocycles. The van der Waals surface area contributed by atoms with E-state index in [1.807, 2.05) is 6.07 Å². The molecule has 0 aliphatic heterocycles. The molecular formula is C18H22O. The Morgan fingerprint density at radius 1 is 0.947 bits per heavy atom. The van der Waals surface area contributed by atoms with Crippen LogP contribution in [0.3, 0.4) is 0 Å². The summed E-state index contributed by atoms with van der Waals surface area (Å²) in [7, 11) is 0. The van der Waals surface area contributed by atoms with E-state index in [0.717, 1.165) is 19.3 Å². The van der Waals surface area contributed by atoms with E-state index in [1.165, 1.54) is 16.7 Å². The molecule has 1 heteroatoms. The number of hydrogen-bond acceptors (Lipinski definition) is 1. The summed E-state index contributed by atoms with van der Waals surface area (Å²) < 4.78 is 0. The summed E-state index contributed by atoms with van der Waals surface area (Å²) in [6.07, 6.45) is 3.24. The Morgan fingerprint density at radius 3 is 2.32 bits per heavy atom. The maximum absolute atomic E-state index is 9.60. The minimum absolute atomic E-state index is 0.236. The van der Waals surface area contributed by atoms with Crippen molar-refractivity contribution in [3.8, 4) is 0 Å². The minimum Gasteiger partial charge on any atom is -0.396 e. The van der Waals surface area contributed by atoms with Gasteiger partial charge in [0.25, 0.3) is 0 Å². The van der Waals surface area contributed by atoms with Gasteiger partial charge in [0.05, 0.1) is 0 Å². The molecule has 0 spiro atoms. The predicted molar refractivity (Wildman–Crippen MR) is 80.4 cm³/mol. The molecule has 0 aromatic heterocycles. The number of aryl methyl sites for hydroxylation is 2. The van der Waals surface area contributed by atoms with E-state index in [9.17, 15) is 5.11 Å². The molecule has 0 saturated heterocycles. The fraction of sp³-hybridized carbons (Fsp3) is 0.333. The largest absolute Gasteiger partial charge is 0.396 e. The molecule has 0 radical (unpaired) electrons. The highest BCUT2D eigenvalue weighted by molar-refractivity contribution is 5.29. The highest BCUT2D eigenvalue weighted by Crippen LogP contribution is 2.24. The van der Waals surface area contributed by atoms with Crippen molar-refractivity contribution in [3.63, 3.8) is 0 Å². The molecule has 0 amide bonds. The molecule has 0 heterocycles. The van der Waals surface area contributed by atoms with Crippen LogP contribution in [0, 0.1) is 6.92 Å². The zero-order valence-electron chi connectivity index (χ0n) is 11.5. The normalized spacial score (nSPS) is 12.3. The van der Waals surface area contributed by atoms with E-state index in [0.29, 0.717) is 0 Å². The van der Waals surface area contributed by atoms with Crippen molar-refractivity contribution < 1.29 is 5.11 Å². The summed E-state index contributed by atoms with van der Waals surface area (Å²) in [5.41, 5.74) is 3.95. The highest BCUT2D eigenvalue weighted by atomic mass is 16.3. The number of aliphatic hydroxyl groups is 1. The van der Waals surface area contributed by atoms with Crippen molar-refractivity contribution in [2.24, 2.45) is 0 Å². The lowest BCUT2D eigenvalue weighted by Crippen LogP contribution is -2.06. The van der Waals surface area contributed by atoms with Gasteiger partial charge in [-0.15, -0.1) is 0 Å². The van der Waals surface area contributed by atoms with E-state index in [4.69, 9.17) is 0 Å². The number of aliphatic hydroxyl groups excluding tert-OH is 1. The molecular weight excluding hydrogens is 232 g/mol. The van der Waals surface area contributed by atoms with Crippen LogP contribution in [0.5, 0.6) is 0 Å². The van der Waals surface area contributed by atoms with Gasteiger partial charge in [0.15, 0.2) is 0 Å². The summed E-state index contributed by atoms with van der Waals surface area (Å²) in [6, 6.07) is 18.9. The Balaban J connectivity index is 1.92. The van der Waals surface area contributed by atoms with Crippen molar-refractivity contribution in [2.75, 3.05) is 6.61 Å². The molecule has 2 aromatic rings. The Morgan fingerprint density at radius 2 is 1.63 bits per heavy atom. The van der Waals surface area contributed by atoms with Gasteiger partial charge in [0.1, 0.15) is 0 Å². The fourth-order valence-corrected chi connectivity index (χ4v) is 2.59. The summed E-state index contributed by atoms with van der Waals surface area (Å²) in [6.45, 7) is 2.36. The van der Waals surface area contributed by atoms with Crippen LogP contribution in [0.1, 0.15) is 35.4 Å². The van der Waals surface area contributed by atoms with E-state index < -0.39 is 0 Å². The van der Waals surface area contributed by atoms with Gasteiger partial charge >= 0.3 is 0 Å². The second-order valence-corrected chi connectivity index (χ2v) is 5.11. The molecule has 2 rings (SSSR count). The maximum atomic E-state index is 9.60. The quantitative estimate of drug-likeness (QED) is 0.823. The van der Waals surface area contributed by atoms with Gasteiger partial charge in [-0.2, -0.15) is 0 Å². The van der Waals surface area contributed by atoms with Gasteiger partial charge in [0, 0.05) is 12.5 Å². The van der Waals surface area contributed by atoms with Gasteiger partial charge in [0.2, 0.25) is 0 Å². The van der Waals surface area contributed by atoms with Gasteiger partial charge in [-0.05, 0) is 42.9 Å². The summed E-state index contributed by atoms with van der Waals surface area (Å²) in [5, 5.41) is 9.60. The van der Waals surface area contributed by atoms with Gasteiger partial charge in [-0.25, -0.2) is 0 Å². The smallest absolute Gasteiger partial charge is 0.0499 e. The van der Waals surface area contributed by atoms with Gasteiger partial charge in [-0.1, -0.05) is 54.6 Å².